The monoisotopic (exact) mass is 781 g/mol. The second kappa shape index (κ2) is 17.2. The Balaban J connectivity index is 0.725. The minimum absolute atomic E-state index is 0.0259. The van der Waals surface area contributed by atoms with Crippen LogP contribution in [0.15, 0.2) is 72.8 Å². The molecule has 5 aromatic rings. The highest BCUT2D eigenvalue weighted by Gasteiger charge is 2.39. The molecule has 1 saturated heterocycles. The van der Waals surface area contributed by atoms with E-state index in [4.69, 9.17) is 5.73 Å². The van der Waals surface area contributed by atoms with Crippen LogP contribution < -0.4 is 27.0 Å². The first-order valence-corrected chi connectivity index (χ1v) is 20.1. The van der Waals surface area contributed by atoms with Crippen LogP contribution in [-0.2, 0) is 40.3 Å². The lowest BCUT2D eigenvalue weighted by molar-refractivity contribution is -0.137. The molecular formula is C43H47N11O4. The number of unbranched alkanes of at least 4 members (excludes halogenated alkanes) is 4. The third kappa shape index (κ3) is 8.53. The zero-order chi connectivity index (χ0) is 40.0. The molecule has 2 aromatic heterocycles. The number of imide groups is 1. The van der Waals surface area contributed by atoms with Gasteiger partial charge in [0.05, 0.1) is 5.69 Å². The molecule has 8 rings (SSSR count). The van der Waals surface area contributed by atoms with Gasteiger partial charge >= 0.3 is 0 Å². The van der Waals surface area contributed by atoms with Crippen LogP contribution in [0.4, 0.5) is 23.3 Å². The lowest BCUT2D eigenvalue weighted by Gasteiger charge is -2.29. The number of nitrogens with two attached hydrogens (primary N) is 1. The fourth-order valence-corrected chi connectivity index (χ4v) is 7.96. The van der Waals surface area contributed by atoms with Gasteiger partial charge in [0.1, 0.15) is 6.04 Å². The number of aromatic nitrogens is 5. The quantitative estimate of drug-likeness (QED) is 0.0676. The van der Waals surface area contributed by atoms with E-state index in [-0.39, 0.29) is 30.1 Å². The number of nitrogen functional groups attached to an aromatic ring is 1. The summed E-state index contributed by atoms with van der Waals surface area (Å²) in [4.78, 5) is 55.6. The van der Waals surface area contributed by atoms with Crippen molar-refractivity contribution < 1.29 is 19.2 Å². The van der Waals surface area contributed by atoms with Crippen LogP contribution in [0.2, 0.25) is 0 Å². The molecule has 4 heterocycles. The maximum atomic E-state index is 13.1. The van der Waals surface area contributed by atoms with Gasteiger partial charge < -0.3 is 26.6 Å². The number of amides is 4. The first kappa shape index (κ1) is 38.2. The number of aryl methyl sites for hydroxylation is 2. The molecule has 0 bridgehead atoms. The molecule has 6 N–H and O–H groups in total. The Bertz CT molecular complexity index is 2340. The fourth-order valence-electron chi connectivity index (χ4n) is 7.96. The number of fused-ring (bicyclic) bond motifs is 4. The lowest BCUT2D eigenvalue weighted by atomic mass is 10.0. The Kier molecular flexibility index (Phi) is 11.4. The van der Waals surface area contributed by atoms with Gasteiger partial charge in [0, 0.05) is 60.5 Å². The molecule has 3 aromatic carbocycles. The van der Waals surface area contributed by atoms with Crippen LogP contribution in [0.25, 0.3) is 17.1 Å². The topological polar surface area (TPSA) is 202 Å². The van der Waals surface area contributed by atoms with Gasteiger partial charge in [-0.05, 0) is 85.5 Å². The van der Waals surface area contributed by atoms with E-state index < -0.39 is 11.9 Å². The number of benzene rings is 3. The van der Waals surface area contributed by atoms with E-state index in [1.165, 1.54) is 10.2 Å². The summed E-state index contributed by atoms with van der Waals surface area (Å²) in [5, 5.41) is 25.6. The van der Waals surface area contributed by atoms with E-state index in [1.807, 2.05) is 48.5 Å². The predicted molar refractivity (Wildman–Crippen MR) is 219 cm³/mol. The number of nitrogens with one attached hydrogen (secondary N) is 4. The number of nitrogens with zero attached hydrogens (tertiary/aromatic N) is 6. The van der Waals surface area contributed by atoms with Crippen molar-refractivity contribution in [1.29, 1.82) is 0 Å². The Morgan fingerprint density at radius 2 is 1.66 bits per heavy atom. The molecule has 15 nitrogen and oxygen atoms in total. The lowest BCUT2D eigenvalue weighted by Crippen LogP contribution is -2.52. The predicted octanol–water partition coefficient (Wildman–Crippen LogP) is 5.37. The van der Waals surface area contributed by atoms with Crippen molar-refractivity contribution in [3.8, 4) is 17.1 Å². The van der Waals surface area contributed by atoms with Gasteiger partial charge in [0.2, 0.25) is 29.6 Å². The molecule has 1 atom stereocenters. The SMILES string of the molecule is Nc1nc(Nc2ccc(CNC(=O)CCCCCCCNc3cccc4c3CN(C3CCC(=O)NC3=O)C4=O)cc2)nn1-c1cc2c(nn1)-c1ccccc1CCC2. The van der Waals surface area contributed by atoms with Crippen molar-refractivity contribution in [2.45, 2.75) is 89.8 Å². The third-order valence-corrected chi connectivity index (χ3v) is 11.1. The van der Waals surface area contributed by atoms with E-state index in [2.05, 4.69) is 59.7 Å². The summed E-state index contributed by atoms with van der Waals surface area (Å²) < 4.78 is 1.50. The highest BCUT2D eigenvalue weighted by atomic mass is 16.2. The molecule has 1 unspecified atom stereocenters. The molecule has 4 amide bonds. The van der Waals surface area contributed by atoms with Crippen LogP contribution in [0.5, 0.6) is 0 Å². The zero-order valence-electron chi connectivity index (χ0n) is 32.3. The largest absolute Gasteiger partial charge is 0.385 e. The molecule has 0 radical (unpaired) electrons. The van der Waals surface area contributed by atoms with Crippen LogP contribution in [0.3, 0.4) is 0 Å². The Labute approximate surface area is 336 Å². The Morgan fingerprint density at radius 1 is 0.862 bits per heavy atom. The first-order valence-electron chi connectivity index (χ1n) is 20.1. The van der Waals surface area contributed by atoms with Crippen LogP contribution in [-0.4, -0.2) is 66.1 Å². The number of piperidine rings is 1. The van der Waals surface area contributed by atoms with Crippen molar-refractivity contribution in [1.82, 2.24) is 40.5 Å². The van der Waals surface area contributed by atoms with Gasteiger partial charge in [0.25, 0.3) is 5.91 Å². The minimum Gasteiger partial charge on any atom is -0.385 e. The normalized spacial score (nSPS) is 15.9. The number of hydrogen-bond donors (Lipinski definition) is 5. The van der Waals surface area contributed by atoms with Gasteiger partial charge in [-0.15, -0.1) is 15.3 Å². The molecule has 3 aliphatic rings. The second-order valence-corrected chi connectivity index (χ2v) is 15.1. The van der Waals surface area contributed by atoms with E-state index in [1.54, 1.807) is 11.0 Å². The van der Waals surface area contributed by atoms with E-state index >= 15 is 0 Å². The van der Waals surface area contributed by atoms with E-state index in [9.17, 15) is 19.2 Å². The van der Waals surface area contributed by atoms with Crippen LogP contribution in [0, 0.1) is 0 Å². The average Bonchev–Trinajstić information content (AvgIpc) is 3.70. The molecule has 0 spiro atoms. The standard InChI is InChI=1S/C43H47N11O4/c44-42-49-43(52-54(42)36-24-29-12-8-11-28-10-5-6-13-31(28)39(29)51-50-36)47-30-19-17-27(18-20-30)25-46-37(55)16-4-2-1-3-7-23-45-34-15-9-14-32-33(34)26-53(41(32)58)35-21-22-38(56)48-40(35)57/h5-6,9-10,13-15,17-20,24,35,45H,1-4,7-8,11-12,16,21-23,25-26H2,(H,46,55)(H,48,56,57)(H3,44,47,49,52). The fraction of sp³-hybridized carbons (Fsp3) is 0.349. The molecule has 58 heavy (non-hydrogen) atoms. The summed E-state index contributed by atoms with van der Waals surface area (Å²) in [5.74, 6) is 0.214. The number of anilines is 4. The molecule has 2 aliphatic heterocycles. The van der Waals surface area contributed by atoms with Gasteiger partial charge in [-0.2, -0.15) is 9.67 Å². The minimum atomic E-state index is -0.627. The molecule has 15 heteroatoms. The number of rotatable bonds is 15. The van der Waals surface area contributed by atoms with Crippen molar-refractivity contribution in [2.24, 2.45) is 0 Å². The number of carbonyl (C=O) groups is 4. The first-order chi connectivity index (χ1) is 28.3. The summed E-state index contributed by atoms with van der Waals surface area (Å²) in [5.41, 5.74) is 14.8. The Morgan fingerprint density at radius 3 is 2.52 bits per heavy atom. The van der Waals surface area contributed by atoms with Crippen molar-refractivity contribution in [2.75, 3.05) is 22.9 Å². The van der Waals surface area contributed by atoms with Gasteiger partial charge in [0.15, 0.2) is 5.82 Å². The summed E-state index contributed by atoms with van der Waals surface area (Å²) in [6.45, 7) is 1.54. The average molecular weight is 782 g/mol. The van der Waals surface area contributed by atoms with Crippen LogP contribution in [0.1, 0.15) is 90.4 Å². The molecule has 1 aliphatic carbocycles. The zero-order valence-corrected chi connectivity index (χ0v) is 32.3. The van der Waals surface area contributed by atoms with Crippen LogP contribution >= 0.6 is 0 Å². The summed E-state index contributed by atoms with van der Waals surface area (Å²) in [6, 6.07) is 23.0. The maximum absolute atomic E-state index is 13.1. The van der Waals surface area contributed by atoms with Gasteiger partial charge in [-0.25, -0.2) is 0 Å². The van der Waals surface area contributed by atoms with Crippen molar-refractivity contribution >= 4 is 46.9 Å². The third-order valence-electron chi connectivity index (χ3n) is 11.1. The molecule has 1 fully saturated rings. The van der Waals surface area contributed by atoms with E-state index in [0.29, 0.717) is 43.3 Å². The summed E-state index contributed by atoms with van der Waals surface area (Å²) in [6.07, 6.45) is 8.74. The molecule has 298 valence electrons. The maximum Gasteiger partial charge on any atom is 0.255 e. The van der Waals surface area contributed by atoms with Gasteiger partial charge in [-0.3, -0.25) is 24.5 Å². The van der Waals surface area contributed by atoms with Crippen molar-refractivity contribution in [3.05, 3.63) is 101 Å². The Hall–Kier alpha value is -6.64. The summed E-state index contributed by atoms with van der Waals surface area (Å²) in [7, 11) is 0. The molecule has 0 saturated carbocycles. The second-order valence-electron chi connectivity index (χ2n) is 15.1. The molecular weight excluding hydrogens is 735 g/mol. The number of hydrogen-bond acceptors (Lipinski definition) is 11. The van der Waals surface area contributed by atoms with Crippen molar-refractivity contribution in [3.63, 3.8) is 0 Å². The highest BCUT2D eigenvalue weighted by Crippen LogP contribution is 2.33. The number of carbonyl (C=O) groups excluding carboxylic acids is 4. The smallest absolute Gasteiger partial charge is 0.255 e. The summed E-state index contributed by atoms with van der Waals surface area (Å²) >= 11 is 0. The van der Waals surface area contributed by atoms with Gasteiger partial charge in [-0.1, -0.05) is 61.7 Å². The highest BCUT2D eigenvalue weighted by molar-refractivity contribution is 6.06. The van der Waals surface area contributed by atoms with E-state index in [0.717, 1.165) is 97.2 Å².